The highest BCUT2D eigenvalue weighted by Crippen LogP contribution is 2.24. The van der Waals surface area contributed by atoms with Crippen LogP contribution in [-0.4, -0.2) is 26.1 Å². The second-order valence-corrected chi connectivity index (χ2v) is 5.05. The monoisotopic (exact) mass is 306 g/mol. The van der Waals surface area contributed by atoms with Gasteiger partial charge < -0.3 is 9.88 Å². The Morgan fingerprint density at radius 3 is 2.95 bits per heavy atom. The Balaban J connectivity index is 1.98. The Morgan fingerprint density at radius 1 is 1.48 bits per heavy atom. The molecule has 1 N–H and O–H groups in total. The second-order valence-electron chi connectivity index (χ2n) is 4.11. The Hall–Kier alpha value is -2.35. The number of aryl methyl sites for hydroxylation is 1. The van der Waals surface area contributed by atoms with Crippen LogP contribution >= 0.6 is 11.8 Å². The van der Waals surface area contributed by atoms with Crippen molar-refractivity contribution in [2.24, 2.45) is 0 Å². The number of hydrogen-bond donors (Lipinski definition) is 1. The van der Waals surface area contributed by atoms with Crippen LogP contribution in [0.5, 0.6) is 0 Å². The molecule has 0 bridgehead atoms. The number of amides is 1. The lowest BCUT2D eigenvalue weighted by molar-refractivity contribution is -0.383. The minimum Gasteiger partial charge on any atom is -0.326 e. The smallest absolute Gasteiger partial charge is 0.292 e. The van der Waals surface area contributed by atoms with Gasteiger partial charge >= 0.3 is 0 Å². The van der Waals surface area contributed by atoms with E-state index < -0.39 is 4.92 Å². The maximum atomic E-state index is 11.9. The first-order valence-corrected chi connectivity index (χ1v) is 7.27. The molecular weight excluding hydrogens is 292 g/mol. The normalized spacial score (nSPS) is 10.3. The number of thioether (sulfide) groups is 1. The van der Waals surface area contributed by atoms with Gasteiger partial charge in [-0.3, -0.25) is 14.9 Å². The molecule has 1 heterocycles. The summed E-state index contributed by atoms with van der Waals surface area (Å²) in [6, 6.07) is 6.06. The number of carbonyl (C=O) groups excluding carboxylic acids is 1. The third-order valence-electron chi connectivity index (χ3n) is 2.73. The van der Waals surface area contributed by atoms with E-state index in [4.69, 9.17) is 0 Å². The standard InChI is InChI=1S/C13H14N4O3S/c1-2-16-8-7-14-13(16)21-9-12(18)15-10-5-3-4-6-11(10)17(19)20/h3-8H,2,9H2,1H3,(H,15,18). The summed E-state index contributed by atoms with van der Waals surface area (Å²) in [5.41, 5.74) is 0.0813. The van der Waals surface area contributed by atoms with Crippen LogP contribution in [0.15, 0.2) is 41.8 Å². The highest BCUT2D eigenvalue weighted by molar-refractivity contribution is 7.99. The van der Waals surface area contributed by atoms with Crippen LogP contribution in [0.3, 0.4) is 0 Å². The zero-order chi connectivity index (χ0) is 15.2. The molecule has 2 rings (SSSR count). The summed E-state index contributed by atoms with van der Waals surface area (Å²) in [5.74, 6) is -0.164. The van der Waals surface area contributed by atoms with Gasteiger partial charge in [0.05, 0.1) is 10.7 Å². The molecule has 0 fully saturated rings. The highest BCUT2D eigenvalue weighted by Gasteiger charge is 2.15. The van der Waals surface area contributed by atoms with E-state index in [9.17, 15) is 14.9 Å². The first-order valence-electron chi connectivity index (χ1n) is 6.29. The highest BCUT2D eigenvalue weighted by atomic mass is 32.2. The number of benzene rings is 1. The number of para-hydroxylation sites is 2. The molecule has 0 atom stereocenters. The average Bonchev–Trinajstić information content (AvgIpc) is 2.93. The van der Waals surface area contributed by atoms with Crippen molar-refractivity contribution in [3.63, 3.8) is 0 Å². The number of nitrogens with zero attached hydrogens (tertiary/aromatic N) is 3. The summed E-state index contributed by atoms with van der Waals surface area (Å²) in [7, 11) is 0. The maximum Gasteiger partial charge on any atom is 0.292 e. The van der Waals surface area contributed by atoms with Gasteiger partial charge in [-0.05, 0) is 13.0 Å². The minimum atomic E-state index is -0.521. The summed E-state index contributed by atoms with van der Waals surface area (Å²) in [5, 5.41) is 14.2. The van der Waals surface area contributed by atoms with Crippen LogP contribution in [0.1, 0.15) is 6.92 Å². The van der Waals surface area contributed by atoms with Crippen molar-refractivity contribution < 1.29 is 9.72 Å². The molecular formula is C13H14N4O3S. The van der Waals surface area contributed by atoms with Crippen molar-refractivity contribution >= 4 is 29.0 Å². The van der Waals surface area contributed by atoms with Gasteiger partial charge in [0.25, 0.3) is 5.69 Å². The molecule has 0 saturated carbocycles. The van der Waals surface area contributed by atoms with Gasteiger partial charge in [0.2, 0.25) is 5.91 Å². The zero-order valence-corrected chi connectivity index (χ0v) is 12.2. The van der Waals surface area contributed by atoms with Crippen LogP contribution in [0.4, 0.5) is 11.4 Å². The number of aromatic nitrogens is 2. The lowest BCUT2D eigenvalue weighted by Crippen LogP contribution is -2.15. The predicted octanol–water partition coefficient (Wildman–Crippen LogP) is 2.54. The van der Waals surface area contributed by atoms with Crippen molar-refractivity contribution in [3.05, 3.63) is 46.8 Å². The van der Waals surface area contributed by atoms with Crippen LogP contribution < -0.4 is 5.32 Å². The number of carbonyl (C=O) groups is 1. The van der Waals surface area contributed by atoms with Crippen molar-refractivity contribution in [2.75, 3.05) is 11.1 Å². The van der Waals surface area contributed by atoms with E-state index in [1.165, 1.54) is 23.9 Å². The zero-order valence-electron chi connectivity index (χ0n) is 11.4. The number of nitro groups is 1. The molecule has 1 amide bonds. The molecule has 0 aliphatic carbocycles. The quantitative estimate of drug-likeness (QED) is 0.503. The molecule has 110 valence electrons. The van der Waals surface area contributed by atoms with Gasteiger partial charge in [0, 0.05) is 25.0 Å². The maximum absolute atomic E-state index is 11.9. The lowest BCUT2D eigenvalue weighted by Gasteiger charge is -2.06. The lowest BCUT2D eigenvalue weighted by atomic mass is 10.2. The number of nitrogens with one attached hydrogen (secondary N) is 1. The molecule has 7 nitrogen and oxygen atoms in total. The van der Waals surface area contributed by atoms with Crippen molar-refractivity contribution in [1.29, 1.82) is 0 Å². The van der Waals surface area contributed by atoms with Gasteiger partial charge in [0.15, 0.2) is 5.16 Å². The Morgan fingerprint density at radius 2 is 2.24 bits per heavy atom. The number of imidazole rings is 1. The fourth-order valence-corrected chi connectivity index (χ4v) is 2.55. The van der Waals surface area contributed by atoms with Gasteiger partial charge in [-0.15, -0.1) is 0 Å². The van der Waals surface area contributed by atoms with Crippen LogP contribution in [0.25, 0.3) is 0 Å². The van der Waals surface area contributed by atoms with Gasteiger partial charge in [-0.1, -0.05) is 23.9 Å². The van der Waals surface area contributed by atoms with E-state index in [0.717, 1.165) is 11.7 Å². The molecule has 0 unspecified atom stereocenters. The van der Waals surface area contributed by atoms with Crippen LogP contribution in [-0.2, 0) is 11.3 Å². The molecule has 0 spiro atoms. The minimum absolute atomic E-state index is 0.120. The van der Waals surface area contributed by atoms with Gasteiger partial charge in [0.1, 0.15) is 5.69 Å². The summed E-state index contributed by atoms with van der Waals surface area (Å²) in [4.78, 5) is 26.4. The van der Waals surface area contributed by atoms with E-state index in [1.54, 1.807) is 18.3 Å². The van der Waals surface area contributed by atoms with Crippen LogP contribution in [0.2, 0.25) is 0 Å². The largest absolute Gasteiger partial charge is 0.326 e. The molecule has 0 aliphatic rings. The van der Waals surface area contributed by atoms with Crippen molar-refractivity contribution in [2.45, 2.75) is 18.6 Å². The molecule has 2 aromatic rings. The van der Waals surface area contributed by atoms with E-state index in [1.807, 2.05) is 17.7 Å². The first kappa shape index (κ1) is 15.0. The summed E-state index contributed by atoms with van der Waals surface area (Å²) >= 11 is 1.29. The Kier molecular flexibility index (Phi) is 4.94. The van der Waals surface area contributed by atoms with E-state index >= 15 is 0 Å². The third-order valence-corrected chi connectivity index (χ3v) is 3.73. The van der Waals surface area contributed by atoms with E-state index in [2.05, 4.69) is 10.3 Å². The third kappa shape index (κ3) is 3.82. The Bertz CT molecular complexity index is 656. The second kappa shape index (κ2) is 6.89. The predicted molar refractivity (Wildman–Crippen MR) is 80.4 cm³/mol. The summed E-state index contributed by atoms with van der Waals surface area (Å²) < 4.78 is 1.92. The molecule has 0 aliphatic heterocycles. The number of anilines is 1. The molecule has 8 heteroatoms. The average molecular weight is 306 g/mol. The summed E-state index contributed by atoms with van der Waals surface area (Å²) in [6.07, 6.45) is 3.51. The molecule has 1 aromatic heterocycles. The SMILES string of the molecule is CCn1ccnc1SCC(=O)Nc1ccccc1[N+](=O)[O-]. The van der Waals surface area contributed by atoms with Crippen molar-refractivity contribution in [1.82, 2.24) is 9.55 Å². The van der Waals surface area contributed by atoms with E-state index in [-0.39, 0.29) is 23.0 Å². The fraction of sp³-hybridized carbons (Fsp3) is 0.231. The fourth-order valence-electron chi connectivity index (χ4n) is 1.73. The number of hydrogen-bond acceptors (Lipinski definition) is 5. The van der Waals surface area contributed by atoms with Gasteiger partial charge in [-0.2, -0.15) is 0 Å². The Labute approximate surface area is 125 Å². The number of rotatable bonds is 6. The van der Waals surface area contributed by atoms with Crippen molar-refractivity contribution in [3.8, 4) is 0 Å². The summed E-state index contributed by atoms with van der Waals surface area (Å²) in [6.45, 7) is 2.76. The van der Waals surface area contributed by atoms with Crippen LogP contribution in [0, 0.1) is 10.1 Å². The van der Waals surface area contributed by atoms with Gasteiger partial charge in [-0.25, -0.2) is 4.98 Å². The van der Waals surface area contributed by atoms with E-state index in [0.29, 0.717) is 0 Å². The first-order chi connectivity index (χ1) is 10.1. The number of nitro benzene ring substituents is 1. The molecule has 0 radical (unpaired) electrons. The molecule has 0 saturated heterocycles. The molecule has 1 aromatic carbocycles. The topological polar surface area (TPSA) is 90.1 Å². The molecule has 21 heavy (non-hydrogen) atoms.